The molecule has 3 nitrogen and oxygen atoms in total. The van der Waals surface area contributed by atoms with Crippen molar-refractivity contribution in [3.05, 3.63) is 18.0 Å². The number of nitrogens with zero attached hydrogens (tertiary/aromatic N) is 2. The molecule has 1 saturated carbocycles. The van der Waals surface area contributed by atoms with Crippen LogP contribution >= 0.6 is 0 Å². The normalized spacial score (nSPS) is 27.9. The molecule has 2 N–H and O–H groups in total. The van der Waals surface area contributed by atoms with E-state index in [0.717, 1.165) is 5.92 Å². The van der Waals surface area contributed by atoms with Crippen LogP contribution in [0.1, 0.15) is 50.8 Å². The van der Waals surface area contributed by atoms with Crippen LogP contribution in [0.2, 0.25) is 0 Å². The van der Waals surface area contributed by atoms with Crippen molar-refractivity contribution in [1.29, 1.82) is 0 Å². The summed E-state index contributed by atoms with van der Waals surface area (Å²) >= 11 is 0. The van der Waals surface area contributed by atoms with E-state index in [-0.39, 0.29) is 6.04 Å². The Morgan fingerprint density at radius 2 is 2.12 bits per heavy atom. The van der Waals surface area contributed by atoms with Crippen LogP contribution in [0.3, 0.4) is 0 Å². The standard InChI is InChI=1S/C13H23N3/c1-3-10-4-6-11(7-5-10)13(14)12-8-9-15-16(12)2/h8-11,13H,3-7,14H2,1-2H3. The maximum absolute atomic E-state index is 6.34. The molecule has 0 bridgehead atoms. The molecule has 0 aliphatic heterocycles. The molecule has 1 atom stereocenters. The molecular weight excluding hydrogens is 198 g/mol. The summed E-state index contributed by atoms with van der Waals surface area (Å²) in [4.78, 5) is 0. The van der Waals surface area contributed by atoms with E-state index >= 15 is 0 Å². The highest BCUT2D eigenvalue weighted by Gasteiger charge is 2.26. The van der Waals surface area contributed by atoms with Gasteiger partial charge in [-0.2, -0.15) is 5.10 Å². The monoisotopic (exact) mass is 221 g/mol. The summed E-state index contributed by atoms with van der Waals surface area (Å²) in [6, 6.07) is 2.22. The highest BCUT2D eigenvalue weighted by molar-refractivity contribution is 5.07. The lowest BCUT2D eigenvalue weighted by atomic mass is 9.77. The minimum absolute atomic E-state index is 0.172. The van der Waals surface area contributed by atoms with Crippen LogP contribution in [0.25, 0.3) is 0 Å². The summed E-state index contributed by atoms with van der Waals surface area (Å²) in [5.74, 6) is 1.59. The van der Waals surface area contributed by atoms with Gasteiger partial charge >= 0.3 is 0 Å². The van der Waals surface area contributed by atoms with E-state index in [9.17, 15) is 0 Å². The van der Waals surface area contributed by atoms with Crippen LogP contribution in [0.4, 0.5) is 0 Å². The first-order valence-electron chi connectivity index (χ1n) is 6.45. The van der Waals surface area contributed by atoms with Crippen molar-refractivity contribution >= 4 is 0 Å². The van der Waals surface area contributed by atoms with Gasteiger partial charge in [0, 0.05) is 19.3 Å². The molecule has 1 unspecified atom stereocenters. The summed E-state index contributed by atoms with van der Waals surface area (Å²) < 4.78 is 1.91. The lowest BCUT2D eigenvalue weighted by Crippen LogP contribution is -2.27. The Balaban J connectivity index is 1.97. The Bertz CT molecular complexity index is 324. The average Bonchev–Trinajstić information content (AvgIpc) is 2.75. The molecule has 16 heavy (non-hydrogen) atoms. The second-order valence-electron chi connectivity index (χ2n) is 5.09. The number of hydrogen-bond donors (Lipinski definition) is 1. The predicted molar refractivity (Wildman–Crippen MR) is 65.9 cm³/mol. The van der Waals surface area contributed by atoms with Gasteiger partial charge in [-0.3, -0.25) is 4.68 Å². The van der Waals surface area contributed by atoms with E-state index in [2.05, 4.69) is 18.1 Å². The zero-order chi connectivity index (χ0) is 11.5. The minimum Gasteiger partial charge on any atom is -0.322 e. The third-order valence-corrected chi connectivity index (χ3v) is 4.18. The molecule has 1 fully saturated rings. The highest BCUT2D eigenvalue weighted by atomic mass is 15.3. The fourth-order valence-corrected chi connectivity index (χ4v) is 2.91. The van der Waals surface area contributed by atoms with Crippen molar-refractivity contribution in [3.63, 3.8) is 0 Å². The SMILES string of the molecule is CCC1CCC(C(N)c2ccnn2C)CC1. The number of aryl methyl sites for hydroxylation is 1. The molecule has 0 spiro atoms. The average molecular weight is 221 g/mol. The van der Waals surface area contributed by atoms with Crippen LogP contribution in [0.5, 0.6) is 0 Å². The van der Waals surface area contributed by atoms with E-state index in [0.29, 0.717) is 5.92 Å². The van der Waals surface area contributed by atoms with Crippen molar-refractivity contribution in [1.82, 2.24) is 9.78 Å². The van der Waals surface area contributed by atoms with Crippen molar-refractivity contribution in [3.8, 4) is 0 Å². The molecule has 2 rings (SSSR count). The van der Waals surface area contributed by atoms with Crippen LogP contribution in [-0.4, -0.2) is 9.78 Å². The van der Waals surface area contributed by atoms with Gasteiger partial charge < -0.3 is 5.73 Å². The number of aromatic nitrogens is 2. The van der Waals surface area contributed by atoms with Crippen LogP contribution in [0, 0.1) is 11.8 Å². The third-order valence-electron chi connectivity index (χ3n) is 4.18. The van der Waals surface area contributed by atoms with E-state index in [1.807, 2.05) is 17.9 Å². The third kappa shape index (κ3) is 2.29. The summed E-state index contributed by atoms with van der Waals surface area (Å²) in [6.45, 7) is 2.30. The van der Waals surface area contributed by atoms with Crippen LogP contribution in [0.15, 0.2) is 12.3 Å². The Morgan fingerprint density at radius 1 is 1.44 bits per heavy atom. The Labute approximate surface area is 98.0 Å². The molecule has 0 amide bonds. The summed E-state index contributed by atoms with van der Waals surface area (Å²) in [6.07, 6.45) is 8.44. The first kappa shape index (κ1) is 11.6. The molecule has 0 aromatic carbocycles. The number of nitrogens with two attached hydrogens (primary N) is 1. The Morgan fingerprint density at radius 3 is 2.62 bits per heavy atom. The van der Waals surface area contributed by atoms with Gasteiger partial charge in [0.1, 0.15) is 0 Å². The molecule has 90 valence electrons. The first-order valence-corrected chi connectivity index (χ1v) is 6.45. The predicted octanol–water partition coefficient (Wildman–Crippen LogP) is 2.64. The van der Waals surface area contributed by atoms with Gasteiger partial charge in [-0.1, -0.05) is 26.2 Å². The number of hydrogen-bond acceptors (Lipinski definition) is 2. The zero-order valence-corrected chi connectivity index (χ0v) is 10.4. The van der Waals surface area contributed by atoms with Gasteiger partial charge in [0.05, 0.1) is 5.69 Å². The van der Waals surface area contributed by atoms with Gasteiger partial charge in [0.2, 0.25) is 0 Å². The molecule has 1 aromatic heterocycles. The summed E-state index contributed by atoms with van der Waals surface area (Å²) in [5, 5.41) is 4.20. The molecule has 0 saturated heterocycles. The fraction of sp³-hybridized carbons (Fsp3) is 0.769. The topological polar surface area (TPSA) is 43.8 Å². The molecule has 3 heteroatoms. The van der Waals surface area contributed by atoms with E-state index in [1.165, 1.54) is 37.8 Å². The van der Waals surface area contributed by atoms with E-state index in [1.54, 1.807) is 0 Å². The molecule has 1 heterocycles. The lowest BCUT2D eigenvalue weighted by Gasteiger charge is -2.31. The van der Waals surface area contributed by atoms with Gasteiger partial charge in [-0.05, 0) is 30.7 Å². The van der Waals surface area contributed by atoms with Crippen molar-refractivity contribution < 1.29 is 0 Å². The highest BCUT2D eigenvalue weighted by Crippen LogP contribution is 2.36. The molecular formula is C13H23N3. The van der Waals surface area contributed by atoms with Gasteiger partial charge in [0.25, 0.3) is 0 Å². The van der Waals surface area contributed by atoms with Gasteiger partial charge in [-0.25, -0.2) is 0 Å². The van der Waals surface area contributed by atoms with Gasteiger partial charge in [-0.15, -0.1) is 0 Å². The fourth-order valence-electron chi connectivity index (χ4n) is 2.91. The largest absolute Gasteiger partial charge is 0.322 e. The first-order chi connectivity index (χ1) is 7.72. The second-order valence-corrected chi connectivity index (χ2v) is 5.09. The molecule has 1 aromatic rings. The Kier molecular flexibility index (Phi) is 3.64. The molecule has 0 radical (unpaired) electrons. The van der Waals surface area contributed by atoms with Gasteiger partial charge in [0.15, 0.2) is 0 Å². The summed E-state index contributed by atoms with van der Waals surface area (Å²) in [5.41, 5.74) is 7.52. The van der Waals surface area contributed by atoms with Crippen molar-refractivity contribution in [2.24, 2.45) is 24.6 Å². The quantitative estimate of drug-likeness (QED) is 0.852. The maximum atomic E-state index is 6.34. The van der Waals surface area contributed by atoms with Crippen LogP contribution in [-0.2, 0) is 7.05 Å². The molecule has 1 aliphatic rings. The lowest BCUT2D eigenvalue weighted by molar-refractivity contribution is 0.235. The van der Waals surface area contributed by atoms with Crippen LogP contribution < -0.4 is 5.73 Å². The van der Waals surface area contributed by atoms with Crippen molar-refractivity contribution in [2.75, 3.05) is 0 Å². The maximum Gasteiger partial charge on any atom is 0.0550 e. The van der Waals surface area contributed by atoms with E-state index in [4.69, 9.17) is 5.73 Å². The second kappa shape index (κ2) is 5.00. The number of rotatable bonds is 3. The van der Waals surface area contributed by atoms with E-state index < -0.39 is 0 Å². The minimum atomic E-state index is 0.172. The molecule has 1 aliphatic carbocycles. The Hall–Kier alpha value is -0.830. The smallest absolute Gasteiger partial charge is 0.0550 e. The summed E-state index contributed by atoms with van der Waals surface area (Å²) in [7, 11) is 1.98. The van der Waals surface area contributed by atoms with Crippen molar-refractivity contribution in [2.45, 2.75) is 45.1 Å². The zero-order valence-electron chi connectivity index (χ0n) is 10.4.